The lowest BCUT2D eigenvalue weighted by atomic mass is 10.0. The third-order valence-electron chi connectivity index (χ3n) is 2.70. The van der Waals surface area contributed by atoms with E-state index in [9.17, 15) is 0 Å². The van der Waals surface area contributed by atoms with Gasteiger partial charge >= 0.3 is 0 Å². The Bertz CT molecular complexity index is 300. The minimum atomic E-state index is 0.479. The lowest BCUT2D eigenvalue weighted by Gasteiger charge is -2.17. The number of hydrogen-bond donors (Lipinski definition) is 1. The number of likely N-dealkylation sites (N-methyl/N-ethyl adjacent to an activating group) is 1. The molecule has 0 radical (unpaired) electrons. The first-order valence-corrected chi connectivity index (χ1v) is 6.69. The molecule has 1 aromatic rings. The molecule has 0 saturated heterocycles. The highest BCUT2D eigenvalue weighted by Crippen LogP contribution is 2.12. The van der Waals surface area contributed by atoms with Crippen molar-refractivity contribution in [1.82, 2.24) is 5.32 Å². The molecule has 0 spiro atoms. The maximum Gasteiger partial charge on any atom is 0.0480 e. The van der Waals surface area contributed by atoms with E-state index in [0.29, 0.717) is 6.04 Å². The number of hydrogen-bond acceptors (Lipinski definition) is 2. The molecule has 0 amide bonds. The number of rotatable bonds is 8. The summed E-state index contributed by atoms with van der Waals surface area (Å²) in [7, 11) is 0. The Labute approximate surface area is 109 Å². The van der Waals surface area contributed by atoms with Crippen LogP contribution >= 0.6 is 11.6 Å². The minimum Gasteiger partial charge on any atom is -0.382 e. The van der Waals surface area contributed by atoms with Gasteiger partial charge in [-0.15, -0.1) is 0 Å². The normalized spacial score (nSPS) is 12.6. The first-order valence-electron chi connectivity index (χ1n) is 6.31. The number of ether oxygens (including phenoxy) is 1. The highest BCUT2D eigenvalue weighted by molar-refractivity contribution is 6.30. The van der Waals surface area contributed by atoms with Crippen molar-refractivity contribution < 1.29 is 4.74 Å². The van der Waals surface area contributed by atoms with Gasteiger partial charge in [-0.3, -0.25) is 0 Å². The van der Waals surface area contributed by atoms with Gasteiger partial charge in [-0.2, -0.15) is 0 Å². The maximum atomic E-state index is 5.88. The van der Waals surface area contributed by atoms with E-state index in [1.54, 1.807) is 0 Å². The summed E-state index contributed by atoms with van der Waals surface area (Å²) in [6.45, 7) is 6.77. The van der Waals surface area contributed by atoms with Crippen LogP contribution in [0.15, 0.2) is 24.3 Å². The Morgan fingerprint density at radius 3 is 2.53 bits per heavy atom. The summed E-state index contributed by atoms with van der Waals surface area (Å²) in [6.07, 6.45) is 2.07. The van der Waals surface area contributed by atoms with Gasteiger partial charge in [-0.1, -0.05) is 30.7 Å². The summed E-state index contributed by atoms with van der Waals surface area (Å²) in [5.41, 5.74) is 1.32. The van der Waals surface area contributed by atoms with Crippen LogP contribution in [0, 0.1) is 0 Å². The fourth-order valence-electron chi connectivity index (χ4n) is 1.84. The van der Waals surface area contributed by atoms with Crippen molar-refractivity contribution >= 4 is 11.6 Å². The monoisotopic (exact) mass is 255 g/mol. The van der Waals surface area contributed by atoms with Crippen molar-refractivity contribution in [3.8, 4) is 0 Å². The van der Waals surface area contributed by atoms with Crippen LogP contribution in [0.3, 0.4) is 0 Å². The van der Waals surface area contributed by atoms with E-state index in [2.05, 4.69) is 24.4 Å². The third-order valence-corrected chi connectivity index (χ3v) is 2.95. The standard InChI is InChI=1S/C14H22ClNO/c1-3-16-14(9-10-17-4-2)11-12-5-7-13(15)8-6-12/h5-8,14,16H,3-4,9-11H2,1-2H3. The molecule has 1 unspecified atom stereocenters. The van der Waals surface area contributed by atoms with Gasteiger partial charge in [0.1, 0.15) is 0 Å². The molecular formula is C14H22ClNO. The van der Waals surface area contributed by atoms with Crippen LogP contribution in [0.25, 0.3) is 0 Å². The van der Waals surface area contributed by atoms with Crippen LogP contribution in [0.5, 0.6) is 0 Å². The lowest BCUT2D eigenvalue weighted by molar-refractivity contribution is 0.136. The van der Waals surface area contributed by atoms with Gasteiger partial charge in [-0.05, 0) is 44.0 Å². The first kappa shape index (κ1) is 14.5. The largest absolute Gasteiger partial charge is 0.382 e. The van der Waals surface area contributed by atoms with E-state index < -0.39 is 0 Å². The predicted molar refractivity (Wildman–Crippen MR) is 73.7 cm³/mol. The molecule has 1 atom stereocenters. The SMILES string of the molecule is CCNC(CCOCC)Cc1ccc(Cl)cc1. The van der Waals surface area contributed by atoms with E-state index in [-0.39, 0.29) is 0 Å². The molecule has 1 rings (SSSR count). The molecule has 0 fully saturated rings. The van der Waals surface area contributed by atoms with Crippen LogP contribution in [-0.4, -0.2) is 25.8 Å². The molecule has 0 aliphatic rings. The average molecular weight is 256 g/mol. The highest BCUT2D eigenvalue weighted by Gasteiger charge is 2.08. The maximum absolute atomic E-state index is 5.88. The summed E-state index contributed by atoms with van der Waals surface area (Å²) in [4.78, 5) is 0. The van der Waals surface area contributed by atoms with Crippen molar-refractivity contribution in [3.05, 3.63) is 34.9 Å². The summed E-state index contributed by atoms with van der Waals surface area (Å²) >= 11 is 5.88. The topological polar surface area (TPSA) is 21.3 Å². The van der Waals surface area contributed by atoms with E-state index in [0.717, 1.165) is 37.6 Å². The molecule has 3 heteroatoms. The van der Waals surface area contributed by atoms with E-state index in [4.69, 9.17) is 16.3 Å². The zero-order valence-electron chi connectivity index (χ0n) is 10.7. The predicted octanol–water partition coefficient (Wildman–Crippen LogP) is 3.29. The highest BCUT2D eigenvalue weighted by atomic mass is 35.5. The van der Waals surface area contributed by atoms with Crippen molar-refractivity contribution in [2.75, 3.05) is 19.8 Å². The molecule has 96 valence electrons. The molecule has 0 aliphatic heterocycles. The second kappa shape index (κ2) is 8.51. The first-order chi connectivity index (χ1) is 8.26. The molecule has 0 bridgehead atoms. The Balaban J connectivity index is 2.44. The Hall–Kier alpha value is -0.570. The van der Waals surface area contributed by atoms with E-state index in [1.165, 1.54) is 5.56 Å². The van der Waals surface area contributed by atoms with Crippen LogP contribution in [0.4, 0.5) is 0 Å². The zero-order valence-corrected chi connectivity index (χ0v) is 11.5. The van der Waals surface area contributed by atoms with Crippen LogP contribution in [0.1, 0.15) is 25.8 Å². The smallest absolute Gasteiger partial charge is 0.0480 e. The Morgan fingerprint density at radius 1 is 1.24 bits per heavy atom. The molecule has 2 nitrogen and oxygen atoms in total. The van der Waals surface area contributed by atoms with Crippen molar-refractivity contribution in [2.45, 2.75) is 32.7 Å². The summed E-state index contributed by atoms with van der Waals surface area (Å²) < 4.78 is 5.41. The van der Waals surface area contributed by atoms with Gasteiger partial charge < -0.3 is 10.1 Å². The quantitative estimate of drug-likeness (QED) is 0.720. The van der Waals surface area contributed by atoms with Gasteiger partial charge in [-0.25, -0.2) is 0 Å². The van der Waals surface area contributed by atoms with Gasteiger partial charge in [0.2, 0.25) is 0 Å². The third kappa shape index (κ3) is 6.06. The Morgan fingerprint density at radius 2 is 1.94 bits per heavy atom. The molecule has 0 heterocycles. The zero-order chi connectivity index (χ0) is 12.5. The van der Waals surface area contributed by atoms with Crippen LogP contribution in [0.2, 0.25) is 5.02 Å². The molecule has 0 aromatic heterocycles. The molecular weight excluding hydrogens is 234 g/mol. The second-order valence-electron chi connectivity index (χ2n) is 4.07. The number of nitrogens with one attached hydrogen (secondary N) is 1. The van der Waals surface area contributed by atoms with Crippen molar-refractivity contribution in [3.63, 3.8) is 0 Å². The fraction of sp³-hybridized carbons (Fsp3) is 0.571. The van der Waals surface area contributed by atoms with Gasteiger partial charge in [0, 0.05) is 24.3 Å². The summed E-state index contributed by atoms with van der Waals surface area (Å²) in [5, 5.41) is 4.29. The fourth-order valence-corrected chi connectivity index (χ4v) is 1.97. The molecule has 1 N–H and O–H groups in total. The number of benzene rings is 1. The van der Waals surface area contributed by atoms with Crippen molar-refractivity contribution in [1.29, 1.82) is 0 Å². The van der Waals surface area contributed by atoms with E-state index >= 15 is 0 Å². The molecule has 1 aromatic carbocycles. The second-order valence-corrected chi connectivity index (χ2v) is 4.51. The summed E-state index contributed by atoms with van der Waals surface area (Å²) in [6, 6.07) is 8.55. The Kier molecular flexibility index (Phi) is 7.25. The van der Waals surface area contributed by atoms with Gasteiger partial charge in [0.05, 0.1) is 0 Å². The molecule has 0 saturated carbocycles. The van der Waals surface area contributed by atoms with Crippen molar-refractivity contribution in [2.24, 2.45) is 0 Å². The van der Waals surface area contributed by atoms with Crippen LogP contribution < -0.4 is 5.32 Å². The lowest BCUT2D eigenvalue weighted by Crippen LogP contribution is -2.32. The van der Waals surface area contributed by atoms with Gasteiger partial charge in [0.25, 0.3) is 0 Å². The minimum absolute atomic E-state index is 0.479. The van der Waals surface area contributed by atoms with Crippen LogP contribution in [-0.2, 0) is 11.2 Å². The van der Waals surface area contributed by atoms with Gasteiger partial charge in [0.15, 0.2) is 0 Å². The molecule has 0 aliphatic carbocycles. The number of halogens is 1. The van der Waals surface area contributed by atoms with E-state index in [1.807, 2.05) is 19.1 Å². The summed E-state index contributed by atoms with van der Waals surface area (Å²) in [5.74, 6) is 0. The average Bonchev–Trinajstić information content (AvgIpc) is 2.32. The molecule has 17 heavy (non-hydrogen) atoms.